The summed E-state index contributed by atoms with van der Waals surface area (Å²) in [5.74, 6) is -0.310. The lowest BCUT2D eigenvalue weighted by Crippen LogP contribution is -2.44. The lowest BCUT2D eigenvalue weighted by Gasteiger charge is -2.29. The first kappa shape index (κ1) is 20.8. The second-order valence-electron chi connectivity index (χ2n) is 7.04. The Morgan fingerprint density at radius 1 is 1.07 bits per heavy atom. The molecule has 0 spiro atoms. The quantitative estimate of drug-likeness (QED) is 0.509. The van der Waals surface area contributed by atoms with Crippen LogP contribution in [-0.4, -0.2) is 43.8 Å². The smallest absolute Gasteiger partial charge is 0.269 e. The predicted octanol–water partition coefficient (Wildman–Crippen LogP) is 3.19. The molecule has 0 heterocycles. The van der Waals surface area contributed by atoms with Crippen LogP contribution < -0.4 is 4.31 Å². The van der Waals surface area contributed by atoms with Crippen molar-refractivity contribution in [1.29, 1.82) is 0 Å². The number of nitro benzene ring substituents is 1. The zero-order valence-electron chi connectivity index (χ0n) is 16.1. The lowest BCUT2D eigenvalue weighted by molar-refractivity contribution is -0.384. The summed E-state index contributed by atoms with van der Waals surface area (Å²) < 4.78 is 27.5. The Kier molecular flexibility index (Phi) is 6.17. The molecule has 0 unspecified atom stereocenters. The molecule has 8 nitrogen and oxygen atoms in total. The van der Waals surface area contributed by atoms with E-state index >= 15 is 0 Å². The molecule has 1 saturated carbocycles. The molecule has 2 aromatic carbocycles. The third-order valence-corrected chi connectivity index (χ3v) is 7.01. The maximum absolute atomic E-state index is 13.3. The normalized spacial score (nSPS) is 14.5. The van der Waals surface area contributed by atoms with Crippen molar-refractivity contribution in [1.82, 2.24) is 4.90 Å². The fraction of sp³-hybridized carbons (Fsp3) is 0.350. The number of non-ortho nitro benzene ring substituents is 1. The second-order valence-corrected chi connectivity index (χ2v) is 8.90. The van der Waals surface area contributed by atoms with E-state index in [1.165, 1.54) is 36.4 Å². The minimum Gasteiger partial charge on any atom is -0.341 e. The van der Waals surface area contributed by atoms with Crippen molar-refractivity contribution in [3.8, 4) is 0 Å². The molecule has 29 heavy (non-hydrogen) atoms. The highest BCUT2D eigenvalue weighted by Gasteiger charge is 2.31. The van der Waals surface area contributed by atoms with Gasteiger partial charge >= 0.3 is 0 Å². The Bertz CT molecular complexity index is 971. The number of carbonyl (C=O) groups is 1. The second kappa shape index (κ2) is 8.60. The Morgan fingerprint density at radius 3 is 2.21 bits per heavy atom. The maximum Gasteiger partial charge on any atom is 0.269 e. The lowest BCUT2D eigenvalue weighted by atomic mass is 10.2. The third-order valence-electron chi connectivity index (χ3n) is 5.22. The summed E-state index contributed by atoms with van der Waals surface area (Å²) in [6.07, 6.45) is 3.92. The molecule has 0 radical (unpaired) electrons. The summed E-state index contributed by atoms with van der Waals surface area (Å²) in [5.41, 5.74) is 0.0489. The van der Waals surface area contributed by atoms with Gasteiger partial charge in [0, 0.05) is 25.2 Å². The molecule has 0 atom stereocenters. The number of nitrogens with zero attached hydrogens (tertiary/aromatic N) is 3. The summed E-state index contributed by atoms with van der Waals surface area (Å²) in [4.78, 5) is 24.9. The van der Waals surface area contributed by atoms with Crippen molar-refractivity contribution >= 4 is 27.3 Å². The highest BCUT2D eigenvalue weighted by atomic mass is 32.2. The van der Waals surface area contributed by atoms with Gasteiger partial charge in [0.15, 0.2) is 0 Å². The van der Waals surface area contributed by atoms with E-state index in [1.54, 1.807) is 30.1 Å². The molecule has 154 valence electrons. The van der Waals surface area contributed by atoms with Crippen LogP contribution in [0.15, 0.2) is 59.5 Å². The van der Waals surface area contributed by atoms with E-state index in [1.807, 2.05) is 0 Å². The average Bonchev–Trinajstić information content (AvgIpc) is 3.26. The molecule has 2 aromatic rings. The van der Waals surface area contributed by atoms with E-state index in [9.17, 15) is 23.3 Å². The van der Waals surface area contributed by atoms with Crippen molar-refractivity contribution in [3.63, 3.8) is 0 Å². The van der Waals surface area contributed by atoms with Crippen LogP contribution in [0.4, 0.5) is 11.4 Å². The van der Waals surface area contributed by atoms with E-state index < -0.39 is 14.9 Å². The van der Waals surface area contributed by atoms with Gasteiger partial charge in [-0.25, -0.2) is 8.42 Å². The zero-order chi connectivity index (χ0) is 21.0. The fourth-order valence-electron chi connectivity index (χ4n) is 3.50. The molecule has 3 rings (SSSR count). The summed E-state index contributed by atoms with van der Waals surface area (Å²) >= 11 is 0. The molecule has 0 aliphatic heterocycles. The Hall–Kier alpha value is -2.94. The maximum atomic E-state index is 13.3. The van der Waals surface area contributed by atoms with Gasteiger partial charge in [-0.05, 0) is 37.1 Å². The highest BCUT2D eigenvalue weighted by Crippen LogP contribution is 2.27. The van der Waals surface area contributed by atoms with Crippen LogP contribution in [-0.2, 0) is 14.8 Å². The standard InChI is InChI=1S/C20H23N3O5S/c1-21(16-7-5-6-8-16)20(24)15-22(17-11-13-18(14-12-17)23(25)26)29(27,28)19-9-3-2-4-10-19/h2-4,9-14,16H,5-8,15H2,1H3. The van der Waals surface area contributed by atoms with Crippen LogP contribution in [0.1, 0.15) is 25.7 Å². The number of anilines is 1. The molecule has 0 aromatic heterocycles. The van der Waals surface area contributed by atoms with E-state index in [2.05, 4.69) is 0 Å². The fourth-order valence-corrected chi connectivity index (χ4v) is 4.94. The summed E-state index contributed by atoms with van der Waals surface area (Å²) in [7, 11) is -2.33. The molecule has 1 aliphatic rings. The van der Waals surface area contributed by atoms with Crippen molar-refractivity contribution < 1.29 is 18.1 Å². The molecule has 0 bridgehead atoms. The number of rotatable bonds is 7. The van der Waals surface area contributed by atoms with Crippen molar-refractivity contribution in [3.05, 3.63) is 64.7 Å². The number of carbonyl (C=O) groups excluding carboxylic acids is 1. The van der Waals surface area contributed by atoms with Gasteiger partial charge in [0.05, 0.1) is 15.5 Å². The Balaban J connectivity index is 1.95. The molecule has 1 amide bonds. The molecule has 0 N–H and O–H groups in total. The van der Waals surface area contributed by atoms with Crippen LogP contribution in [0, 0.1) is 10.1 Å². The van der Waals surface area contributed by atoms with Crippen molar-refractivity contribution in [2.75, 3.05) is 17.9 Å². The summed E-state index contributed by atoms with van der Waals surface area (Å²) in [6, 6.07) is 13.1. The zero-order valence-corrected chi connectivity index (χ0v) is 16.9. The minimum absolute atomic E-state index is 0.0506. The third kappa shape index (κ3) is 4.56. The SMILES string of the molecule is CN(C(=O)CN(c1ccc([N+](=O)[O-])cc1)S(=O)(=O)c1ccccc1)C1CCCC1. The predicted molar refractivity (Wildman–Crippen MR) is 109 cm³/mol. The van der Waals surface area contributed by atoms with Crippen molar-refractivity contribution in [2.24, 2.45) is 0 Å². The molecule has 9 heteroatoms. The van der Waals surface area contributed by atoms with E-state index in [0.29, 0.717) is 0 Å². The van der Waals surface area contributed by atoms with Gasteiger partial charge in [-0.1, -0.05) is 31.0 Å². The largest absolute Gasteiger partial charge is 0.341 e. The molecule has 1 aliphatic carbocycles. The van der Waals surface area contributed by atoms with Crippen LogP contribution in [0.5, 0.6) is 0 Å². The number of sulfonamides is 1. The van der Waals surface area contributed by atoms with Gasteiger partial charge in [0.25, 0.3) is 15.7 Å². The first-order valence-electron chi connectivity index (χ1n) is 9.38. The summed E-state index contributed by atoms with van der Waals surface area (Å²) in [5, 5.41) is 10.9. The Labute approximate surface area is 169 Å². The van der Waals surface area contributed by atoms with Gasteiger partial charge in [0.2, 0.25) is 5.91 Å². The van der Waals surface area contributed by atoms with Crippen LogP contribution in [0.25, 0.3) is 0 Å². The van der Waals surface area contributed by atoms with Crippen LogP contribution >= 0.6 is 0 Å². The number of benzene rings is 2. The topological polar surface area (TPSA) is 101 Å². The van der Waals surface area contributed by atoms with Gasteiger partial charge < -0.3 is 4.90 Å². The molecular weight excluding hydrogens is 394 g/mol. The van der Waals surface area contributed by atoms with Gasteiger partial charge in [-0.3, -0.25) is 19.2 Å². The van der Waals surface area contributed by atoms with E-state index in [0.717, 1.165) is 30.0 Å². The van der Waals surface area contributed by atoms with Gasteiger partial charge in [-0.2, -0.15) is 0 Å². The Morgan fingerprint density at radius 2 is 1.66 bits per heavy atom. The van der Waals surface area contributed by atoms with Crippen molar-refractivity contribution in [2.45, 2.75) is 36.6 Å². The molecular formula is C20H23N3O5S. The molecule has 1 fully saturated rings. The van der Waals surface area contributed by atoms with E-state index in [4.69, 9.17) is 0 Å². The van der Waals surface area contributed by atoms with Gasteiger partial charge in [-0.15, -0.1) is 0 Å². The minimum atomic E-state index is -4.02. The number of hydrogen-bond donors (Lipinski definition) is 0. The monoisotopic (exact) mass is 417 g/mol. The number of amides is 1. The number of nitro groups is 1. The number of likely N-dealkylation sites (N-methyl/N-ethyl adjacent to an activating group) is 1. The first-order chi connectivity index (χ1) is 13.8. The summed E-state index contributed by atoms with van der Waals surface area (Å²) in [6.45, 7) is -0.373. The average molecular weight is 417 g/mol. The van der Waals surface area contributed by atoms with Crippen LogP contribution in [0.2, 0.25) is 0 Å². The molecule has 0 saturated heterocycles. The highest BCUT2D eigenvalue weighted by molar-refractivity contribution is 7.92. The van der Waals surface area contributed by atoms with E-state index in [-0.39, 0.29) is 34.8 Å². The first-order valence-corrected chi connectivity index (χ1v) is 10.8. The number of hydrogen-bond acceptors (Lipinski definition) is 5. The van der Waals surface area contributed by atoms with Crippen LogP contribution in [0.3, 0.4) is 0 Å². The van der Waals surface area contributed by atoms with Gasteiger partial charge in [0.1, 0.15) is 6.54 Å².